The molecule has 11 aromatic carbocycles. The molecule has 13 aromatic rings. The van der Waals surface area contributed by atoms with E-state index in [1.807, 2.05) is 11.3 Å². The first-order chi connectivity index (χ1) is 30.0. The average Bonchev–Trinajstić information content (AvgIpc) is 3.93. The predicted octanol–water partition coefficient (Wildman–Crippen LogP) is 16.8. The van der Waals surface area contributed by atoms with Gasteiger partial charge < -0.3 is 4.57 Å². The summed E-state index contributed by atoms with van der Waals surface area (Å²) in [6.07, 6.45) is 0. The first kappa shape index (κ1) is 33.6. The van der Waals surface area contributed by atoms with Crippen LogP contribution in [0.1, 0.15) is 25.0 Å². The van der Waals surface area contributed by atoms with Crippen LogP contribution in [0.15, 0.2) is 188 Å². The van der Waals surface area contributed by atoms with Gasteiger partial charge in [0.05, 0.1) is 16.7 Å². The van der Waals surface area contributed by atoms with Gasteiger partial charge in [0.15, 0.2) is 0 Å². The number of aromatic nitrogens is 1. The molecule has 0 bridgehead atoms. The molecular weight excluding hydrogens is 755 g/mol. The number of para-hydroxylation sites is 1. The van der Waals surface area contributed by atoms with Gasteiger partial charge in [-0.15, -0.1) is 11.3 Å². The van der Waals surface area contributed by atoms with E-state index in [2.05, 4.69) is 206 Å². The van der Waals surface area contributed by atoms with Gasteiger partial charge in [0.1, 0.15) is 0 Å². The highest BCUT2D eigenvalue weighted by Gasteiger charge is 2.36. The fourth-order valence-corrected chi connectivity index (χ4v) is 12.5. The van der Waals surface area contributed by atoms with Crippen molar-refractivity contribution in [3.05, 3.63) is 199 Å². The Morgan fingerprint density at radius 1 is 0.377 bits per heavy atom. The van der Waals surface area contributed by atoms with Crippen molar-refractivity contribution in [2.24, 2.45) is 0 Å². The van der Waals surface area contributed by atoms with Gasteiger partial charge in [-0.25, -0.2) is 0 Å². The van der Waals surface area contributed by atoms with E-state index in [-0.39, 0.29) is 5.41 Å². The van der Waals surface area contributed by atoms with Gasteiger partial charge >= 0.3 is 0 Å². The second-order valence-corrected chi connectivity index (χ2v) is 18.6. The van der Waals surface area contributed by atoms with E-state index in [4.69, 9.17) is 0 Å². The number of hydrogen-bond acceptors (Lipinski definition) is 1. The molecule has 0 saturated heterocycles. The second kappa shape index (κ2) is 11.9. The van der Waals surface area contributed by atoms with Gasteiger partial charge in [0, 0.05) is 52.5 Å². The summed E-state index contributed by atoms with van der Waals surface area (Å²) in [6, 6.07) is 70.9. The lowest BCUT2D eigenvalue weighted by Crippen LogP contribution is -2.15. The summed E-state index contributed by atoms with van der Waals surface area (Å²) in [5.41, 5.74) is 14.1. The molecule has 0 spiro atoms. The van der Waals surface area contributed by atoms with Crippen LogP contribution in [0.4, 0.5) is 0 Å². The van der Waals surface area contributed by atoms with E-state index in [1.165, 1.54) is 135 Å². The smallest absolute Gasteiger partial charge is 0.0547 e. The van der Waals surface area contributed by atoms with Gasteiger partial charge in [-0.1, -0.05) is 159 Å². The highest BCUT2D eigenvalue weighted by molar-refractivity contribution is 7.27. The van der Waals surface area contributed by atoms with Gasteiger partial charge in [-0.2, -0.15) is 0 Å². The Kier molecular flexibility index (Phi) is 6.57. The molecule has 2 heterocycles. The number of nitrogens with zero attached hydrogens (tertiary/aromatic N) is 1. The first-order valence-corrected chi connectivity index (χ1v) is 22.2. The molecule has 0 fully saturated rings. The molecule has 14 rings (SSSR count). The molecule has 1 nitrogen and oxygen atoms in total. The SMILES string of the molecule is CC1(C)c2cc(-c3ccc4c(c3)c3ccccc3n4-c3cc4cccc5c6c7ccccc7sc6c6cccc3c6c45)ccc2-c2ccc(-c3cccc4ccccc34)cc21. The van der Waals surface area contributed by atoms with E-state index in [9.17, 15) is 0 Å². The lowest BCUT2D eigenvalue weighted by molar-refractivity contribution is 0.661. The van der Waals surface area contributed by atoms with E-state index < -0.39 is 0 Å². The molecular formula is C59H37NS. The largest absolute Gasteiger partial charge is 0.309 e. The Morgan fingerprint density at radius 3 is 1.87 bits per heavy atom. The third-order valence-electron chi connectivity index (χ3n) is 14.1. The lowest BCUT2D eigenvalue weighted by Gasteiger charge is -2.23. The van der Waals surface area contributed by atoms with Crippen molar-refractivity contribution in [1.82, 2.24) is 4.57 Å². The molecule has 0 atom stereocenters. The molecule has 0 radical (unpaired) electrons. The number of rotatable bonds is 3. The third kappa shape index (κ3) is 4.45. The van der Waals surface area contributed by atoms with E-state index in [0.29, 0.717) is 0 Å². The minimum Gasteiger partial charge on any atom is -0.309 e. The van der Waals surface area contributed by atoms with Gasteiger partial charge in [0.25, 0.3) is 0 Å². The summed E-state index contributed by atoms with van der Waals surface area (Å²) in [7, 11) is 0. The zero-order valence-corrected chi connectivity index (χ0v) is 34.6. The quantitative estimate of drug-likeness (QED) is 0.157. The van der Waals surface area contributed by atoms with Gasteiger partial charge in [-0.05, 0) is 114 Å². The van der Waals surface area contributed by atoms with Crippen molar-refractivity contribution in [3.63, 3.8) is 0 Å². The fraction of sp³-hybridized carbons (Fsp3) is 0.0508. The Bertz CT molecular complexity index is 4020. The predicted molar refractivity (Wildman–Crippen MR) is 263 cm³/mol. The molecule has 1 aliphatic carbocycles. The van der Waals surface area contributed by atoms with Crippen molar-refractivity contribution < 1.29 is 0 Å². The van der Waals surface area contributed by atoms with Crippen molar-refractivity contribution in [3.8, 4) is 39.1 Å². The lowest BCUT2D eigenvalue weighted by atomic mass is 9.80. The van der Waals surface area contributed by atoms with E-state index >= 15 is 0 Å². The molecule has 0 N–H and O–H groups in total. The van der Waals surface area contributed by atoms with E-state index in [0.717, 1.165) is 0 Å². The Hall–Kier alpha value is -7.26. The summed E-state index contributed by atoms with van der Waals surface area (Å²) >= 11 is 1.93. The maximum Gasteiger partial charge on any atom is 0.0547 e. The molecule has 284 valence electrons. The number of thiophene rings is 1. The molecule has 2 aromatic heterocycles. The normalized spacial score (nSPS) is 13.5. The zero-order valence-electron chi connectivity index (χ0n) is 33.8. The minimum atomic E-state index is -0.142. The standard InChI is InChI=1S/C59H37NS/c1-59(2)49-31-36(24-27-41(49)42-28-25-37(32-50(42)59)40-18-9-13-34-12-3-4-15-39(34)40)35-26-29-52-48(30-35)43-16-5-7-22-51(43)60(52)53-33-38-14-10-20-46-55(38)56-44(53)19-11-21-47(56)58-57(46)45-17-6-8-23-54(45)61-58/h3-33H,1-2H3. The Balaban J connectivity index is 0.936. The molecule has 2 heteroatoms. The second-order valence-electron chi connectivity index (χ2n) is 17.6. The van der Waals surface area contributed by atoms with Crippen LogP contribution < -0.4 is 0 Å². The number of hydrogen-bond donors (Lipinski definition) is 0. The van der Waals surface area contributed by atoms with Crippen molar-refractivity contribution in [1.29, 1.82) is 0 Å². The summed E-state index contributed by atoms with van der Waals surface area (Å²) in [5, 5.41) is 15.8. The third-order valence-corrected chi connectivity index (χ3v) is 15.3. The minimum absolute atomic E-state index is 0.142. The van der Waals surface area contributed by atoms with Gasteiger partial charge in [0.2, 0.25) is 0 Å². The highest BCUT2D eigenvalue weighted by Crippen LogP contribution is 2.52. The van der Waals surface area contributed by atoms with Crippen LogP contribution in [-0.4, -0.2) is 4.57 Å². The van der Waals surface area contributed by atoms with Crippen LogP contribution in [-0.2, 0) is 5.41 Å². The summed E-state index contributed by atoms with van der Waals surface area (Å²) in [4.78, 5) is 0. The highest BCUT2D eigenvalue weighted by atomic mass is 32.1. The fourth-order valence-electron chi connectivity index (χ4n) is 11.3. The monoisotopic (exact) mass is 791 g/mol. The Morgan fingerprint density at radius 2 is 0.984 bits per heavy atom. The van der Waals surface area contributed by atoms with Crippen molar-refractivity contribution in [2.75, 3.05) is 0 Å². The molecule has 61 heavy (non-hydrogen) atoms. The van der Waals surface area contributed by atoms with Crippen LogP contribution in [0, 0.1) is 0 Å². The van der Waals surface area contributed by atoms with Crippen LogP contribution in [0.2, 0.25) is 0 Å². The Labute approximate surface area is 356 Å². The average molecular weight is 792 g/mol. The molecule has 0 unspecified atom stereocenters. The first-order valence-electron chi connectivity index (χ1n) is 21.3. The van der Waals surface area contributed by atoms with Crippen LogP contribution in [0.25, 0.3) is 124 Å². The maximum atomic E-state index is 2.52. The number of fused-ring (bicyclic) bond motifs is 12. The zero-order chi connectivity index (χ0) is 40.1. The molecule has 0 amide bonds. The summed E-state index contributed by atoms with van der Waals surface area (Å²) in [5.74, 6) is 0. The molecule has 0 saturated carbocycles. The van der Waals surface area contributed by atoms with Crippen molar-refractivity contribution >= 4 is 96.4 Å². The van der Waals surface area contributed by atoms with Crippen LogP contribution in [0.3, 0.4) is 0 Å². The van der Waals surface area contributed by atoms with Crippen molar-refractivity contribution in [2.45, 2.75) is 19.3 Å². The number of benzene rings is 11. The van der Waals surface area contributed by atoms with Crippen LogP contribution >= 0.6 is 11.3 Å². The molecule has 1 aliphatic rings. The van der Waals surface area contributed by atoms with E-state index in [1.54, 1.807) is 0 Å². The summed E-state index contributed by atoms with van der Waals surface area (Å²) < 4.78 is 5.24. The summed E-state index contributed by atoms with van der Waals surface area (Å²) in [6.45, 7) is 4.79. The molecule has 0 aliphatic heterocycles. The van der Waals surface area contributed by atoms with Gasteiger partial charge in [-0.3, -0.25) is 0 Å². The van der Waals surface area contributed by atoms with Crippen LogP contribution in [0.5, 0.6) is 0 Å². The maximum absolute atomic E-state index is 2.52. The topological polar surface area (TPSA) is 4.93 Å².